The van der Waals surface area contributed by atoms with Gasteiger partial charge in [-0.25, -0.2) is 0 Å². The molecule has 1 fully saturated rings. The molecule has 5 rings (SSSR count). The third-order valence-corrected chi connectivity index (χ3v) is 8.26. The van der Waals surface area contributed by atoms with Crippen LogP contribution >= 0.6 is 12.2 Å². The van der Waals surface area contributed by atoms with Crippen LogP contribution in [0.2, 0.25) is 0 Å². The maximum absolute atomic E-state index is 6.16. The first-order valence-corrected chi connectivity index (χ1v) is 15.0. The van der Waals surface area contributed by atoms with E-state index < -0.39 is 0 Å². The summed E-state index contributed by atoms with van der Waals surface area (Å²) in [6, 6.07) is 37.7. The Morgan fingerprint density at radius 2 is 1.02 bits per heavy atom. The van der Waals surface area contributed by atoms with Gasteiger partial charge in [0.15, 0.2) is 5.11 Å². The number of rotatable bonds is 11. The largest absolute Gasteiger partial charge is 0.356 e. The maximum Gasteiger partial charge on any atom is 0.182 e. The number of hydrogen-bond acceptors (Lipinski definition) is 4. The van der Waals surface area contributed by atoms with E-state index in [1.54, 1.807) is 0 Å². The molecule has 212 valence electrons. The minimum Gasteiger partial charge on any atom is -0.356 e. The van der Waals surface area contributed by atoms with Crippen molar-refractivity contribution in [2.45, 2.75) is 52.0 Å². The van der Waals surface area contributed by atoms with Gasteiger partial charge in [-0.1, -0.05) is 62.6 Å². The van der Waals surface area contributed by atoms with E-state index >= 15 is 0 Å². The lowest BCUT2D eigenvalue weighted by atomic mass is 9.94. The van der Waals surface area contributed by atoms with Gasteiger partial charge in [0.05, 0.1) is 13.3 Å². The number of unbranched alkanes of at least 4 members (excludes halogenated alkanes) is 2. The second-order valence-electron chi connectivity index (χ2n) is 11.3. The van der Waals surface area contributed by atoms with Crippen molar-refractivity contribution < 1.29 is 0 Å². The molecule has 0 atom stereocenters. The lowest BCUT2D eigenvalue weighted by molar-refractivity contribution is 0.109. The Labute approximate surface area is 250 Å². The Bertz CT molecular complexity index is 1290. The quantitative estimate of drug-likeness (QED) is 0.140. The summed E-state index contributed by atoms with van der Waals surface area (Å²) >= 11 is 6.16. The number of para-hydroxylation sites is 2. The topological polar surface area (TPSA) is 33.8 Å². The van der Waals surface area contributed by atoms with Gasteiger partial charge < -0.3 is 20.4 Å². The molecular formula is C35H41N5S. The van der Waals surface area contributed by atoms with Crippen LogP contribution in [-0.4, -0.2) is 28.9 Å². The van der Waals surface area contributed by atoms with Crippen LogP contribution in [-0.2, 0) is 0 Å². The summed E-state index contributed by atoms with van der Waals surface area (Å²) in [4.78, 5) is 7.09. The van der Waals surface area contributed by atoms with Gasteiger partial charge in [0.2, 0.25) is 0 Å². The highest BCUT2D eigenvalue weighted by Crippen LogP contribution is 2.32. The molecule has 0 saturated carbocycles. The Balaban J connectivity index is 1.38. The average Bonchev–Trinajstić information content (AvgIpc) is 2.99. The van der Waals surface area contributed by atoms with Crippen LogP contribution in [0.1, 0.15) is 46.5 Å². The van der Waals surface area contributed by atoms with E-state index in [1.807, 2.05) is 36.4 Å². The van der Waals surface area contributed by atoms with Gasteiger partial charge in [0.1, 0.15) is 0 Å². The molecule has 0 amide bonds. The van der Waals surface area contributed by atoms with Crippen molar-refractivity contribution >= 4 is 51.5 Å². The molecule has 6 heteroatoms. The second kappa shape index (κ2) is 13.2. The van der Waals surface area contributed by atoms with Crippen molar-refractivity contribution in [2.75, 3.05) is 33.8 Å². The van der Waals surface area contributed by atoms with Gasteiger partial charge in [-0.05, 0) is 105 Å². The molecule has 1 saturated heterocycles. The summed E-state index contributed by atoms with van der Waals surface area (Å²) in [5, 5.41) is 7.79. The van der Waals surface area contributed by atoms with Gasteiger partial charge in [0.25, 0.3) is 0 Å². The van der Waals surface area contributed by atoms with Crippen molar-refractivity contribution in [3.63, 3.8) is 0 Å². The lowest BCUT2D eigenvalue weighted by Crippen LogP contribution is -2.63. The van der Waals surface area contributed by atoms with Crippen LogP contribution in [0.25, 0.3) is 0 Å². The SMILES string of the molecule is CCCCCC(C)(C)N1CN(c2ccc(Nc3ccccc3)cc2)C(=S)N(c2ccc(Nc3ccccc3)cc2)C1. The first kappa shape index (κ1) is 28.7. The molecule has 0 aromatic heterocycles. The Hall–Kier alpha value is -3.87. The summed E-state index contributed by atoms with van der Waals surface area (Å²) < 4.78 is 0. The van der Waals surface area contributed by atoms with E-state index in [0.717, 1.165) is 59.0 Å². The highest BCUT2D eigenvalue weighted by Gasteiger charge is 2.36. The molecule has 4 aromatic rings. The lowest BCUT2D eigenvalue weighted by Gasteiger charge is -2.50. The normalized spacial score (nSPS) is 14.3. The standard InChI is InChI=1S/C35H41N5S/c1-4-5-12-25-35(2,3)38-26-39(32-21-17-30(18-22-32)36-28-13-8-6-9-14-28)34(41)40(27-38)33-23-19-31(20-24-33)37-29-15-10-7-11-16-29/h6-11,13-24,36-37H,4-5,12,25-27H2,1-3H3. The molecule has 5 nitrogen and oxygen atoms in total. The van der Waals surface area contributed by atoms with E-state index in [1.165, 1.54) is 19.3 Å². The van der Waals surface area contributed by atoms with Crippen molar-refractivity contribution in [3.8, 4) is 0 Å². The molecule has 1 aliphatic heterocycles. The van der Waals surface area contributed by atoms with E-state index in [4.69, 9.17) is 12.2 Å². The summed E-state index contributed by atoms with van der Waals surface area (Å²) in [5.74, 6) is 0. The molecule has 2 N–H and O–H groups in total. The zero-order valence-electron chi connectivity index (χ0n) is 24.4. The van der Waals surface area contributed by atoms with Crippen molar-refractivity contribution in [3.05, 3.63) is 109 Å². The summed E-state index contributed by atoms with van der Waals surface area (Å²) in [6.45, 7) is 8.52. The molecule has 0 unspecified atom stereocenters. The molecule has 1 heterocycles. The summed E-state index contributed by atoms with van der Waals surface area (Å²) in [5.41, 5.74) is 6.47. The number of thiocarbonyl (C=S) groups is 1. The van der Waals surface area contributed by atoms with E-state index in [0.29, 0.717) is 0 Å². The predicted octanol–water partition coefficient (Wildman–Crippen LogP) is 9.36. The van der Waals surface area contributed by atoms with Gasteiger partial charge in [-0.3, -0.25) is 4.90 Å². The van der Waals surface area contributed by atoms with Crippen LogP contribution in [0, 0.1) is 0 Å². The monoisotopic (exact) mass is 563 g/mol. The molecule has 1 aliphatic rings. The number of anilines is 6. The summed E-state index contributed by atoms with van der Waals surface area (Å²) in [7, 11) is 0. The predicted molar refractivity (Wildman–Crippen MR) is 180 cm³/mol. The maximum atomic E-state index is 6.16. The second-order valence-corrected chi connectivity index (χ2v) is 11.7. The number of nitrogens with one attached hydrogen (secondary N) is 2. The highest BCUT2D eigenvalue weighted by atomic mass is 32.1. The van der Waals surface area contributed by atoms with Crippen molar-refractivity contribution in [2.24, 2.45) is 0 Å². The summed E-state index contributed by atoms with van der Waals surface area (Å²) in [6.07, 6.45) is 4.86. The minimum atomic E-state index is 0.0331. The van der Waals surface area contributed by atoms with Gasteiger partial charge in [-0.2, -0.15) is 0 Å². The molecular weight excluding hydrogens is 522 g/mol. The Morgan fingerprint density at radius 1 is 0.610 bits per heavy atom. The first-order valence-electron chi connectivity index (χ1n) is 14.6. The van der Waals surface area contributed by atoms with Gasteiger partial charge in [-0.15, -0.1) is 0 Å². The number of hydrogen-bond donors (Lipinski definition) is 2. The number of benzene rings is 4. The zero-order valence-corrected chi connectivity index (χ0v) is 25.2. The average molecular weight is 564 g/mol. The fraction of sp³-hybridized carbons (Fsp3) is 0.286. The fourth-order valence-electron chi connectivity index (χ4n) is 5.21. The molecule has 0 spiro atoms. The van der Waals surface area contributed by atoms with Gasteiger partial charge >= 0.3 is 0 Å². The molecule has 4 aromatic carbocycles. The smallest absolute Gasteiger partial charge is 0.182 e. The Kier molecular flexibility index (Phi) is 9.22. The van der Waals surface area contributed by atoms with Crippen molar-refractivity contribution in [1.82, 2.24) is 4.90 Å². The molecule has 0 bridgehead atoms. The molecule has 41 heavy (non-hydrogen) atoms. The fourth-order valence-corrected chi connectivity index (χ4v) is 5.54. The number of nitrogens with zero attached hydrogens (tertiary/aromatic N) is 3. The minimum absolute atomic E-state index is 0.0331. The van der Waals surface area contributed by atoms with Crippen molar-refractivity contribution in [1.29, 1.82) is 0 Å². The van der Waals surface area contributed by atoms with E-state index in [-0.39, 0.29) is 5.54 Å². The van der Waals surface area contributed by atoms with E-state index in [9.17, 15) is 0 Å². The van der Waals surface area contributed by atoms with Crippen LogP contribution in [0.15, 0.2) is 109 Å². The molecule has 0 aliphatic carbocycles. The Morgan fingerprint density at radius 3 is 1.44 bits per heavy atom. The third-order valence-electron chi connectivity index (χ3n) is 7.82. The van der Waals surface area contributed by atoms with E-state index in [2.05, 4.69) is 119 Å². The zero-order chi connectivity index (χ0) is 28.7. The molecule has 0 radical (unpaired) electrons. The first-order chi connectivity index (χ1) is 19.9. The van der Waals surface area contributed by atoms with Crippen LogP contribution < -0.4 is 20.4 Å². The van der Waals surface area contributed by atoms with Gasteiger partial charge in [0, 0.05) is 39.7 Å². The third kappa shape index (κ3) is 7.26. The van der Waals surface area contributed by atoms with Crippen LogP contribution in [0.3, 0.4) is 0 Å². The highest BCUT2D eigenvalue weighted by molar-refractivity contribution is 7.80. The van der Waals surface area contributed by atoms with Crippen LogP contribution in [0.5, 0.6) is 0 Å². The van der Waals surface area contributed by atoms with Crippen LogP contribution in [0.4, 0.5) is 34.1 Å².